The fourth-order valence-electron chi connectivity index (χ4n) is 2.85. The molecule has 1 aromatic heterocycles. The highest BCUT2D eigenvalue weighted by Crippen LogP contribution is 2.49. The Morgan fingerprint density at radius 3 is 2.52 bits per heavy atom. The van der Waals surface area contributed by atoms with Gasteiger partial charge in [0.2, 0.25) is 0 Å². The second-order valence-corrected chi connectivity index (χ2v) is 6.84. The topological polar surface area (TPSA) is 74.3 Å². The van der Waals surface area contributed by atoms with Gasteiger partial charge in [-0.2, -0.15) is 13.2 Å². The molecular weight excluding hydrogens is 408 g/mol. The van der Waals surface area contributed by atoms with E-state index in [2.05, 4.69) is 10.3 Å². The molecule has 1 heterocycles. The van der Waals surface area contributed by atoms with Crippen LogP contribution in [0.15, 0.2) is 12.1 Å². The number of aliphatic hydroxyl groups is 1. The van der Waals surface area contributed by atoms with E-state index < -0.39 is 29.9 Å². The van der Waals surface area contributed by atoms with Gasteiger partial charge in [-0.05, 0) is 25.5 Å². The number of aromatic amines is 1. The molecule has 5 nitrogen and oxygen atoms in total. The fraction of sp³-hybridized carbons (Fsp3) is 0.471. The van der Waals surface area contributed by atoms with Gasteiger partial charge in [0.1, 0.15) is 5.82 Å². The van der Waals surface area contributed by atoms with E-state index in [1.54, 1.807) is 13.8 Å². The third-order valence-corrected chi connectivity index (χ3v) is 4.62. The molecule has 0 aliphatic rings. The maximum atomic E-state index is 13.9. The zero-order chi connectivity index (χ0) is 20.4. The van der Waals surface area contributed by atoms with Crippen molar-refractivity contribution in [3.8, 4) is 0 Å². The summed E-state index contributed by atoms with van der Waals surface area (Å²) < 4.78 is 46.5. The largest absolute Gasteiger partial charge is 0.450 e. The van der Waals surface area contributed by atoms with Crippen LogP contribution in [0.2, 0.25) is 10.0 Å². The van der Waals surface area contributed by atoms with E-state index in [-0.39, 0.29) is 39.8 Å². The van der Waals surface area contributed by atoms with Gasteiger partial charge in [-0.25, -0.2) is 4.79 Å². The van der Waals surface area contributed by atoms with Crippen LogP contribution in [0.5, 0.6) is 0 Å². The van der Waals surface area contributed by atoms with E-state index in [9.17, 15) is 23.1 Å². The number of alkyl halides is 3. The summed E-state index contributed by atoms with van der Waals surface area (Å²) in [6.07, 6.45) is -6.02. The van der Waals surface area contributed by atoms with Crippen LogP contribution in [0.1, 0.15) is 38.7 Å². The summed E-state index contributed by atoms with van der Waals surface area (Å²) in [5.74, 6) is -0.344. The molecule has 2 rings (SSSR count). The highest BCUT2D eigenvalue weighted by molar-refractivity contribution is 6.38. The van der Waals surface area contributed by atoms with Crippen molar-refractivity contribution in [3.63, 3.8) is 0 Å². The number of halogens is 5. The van der Waals surface area contributed by atoms with E-state index >= 15 is 0 Å². The Morgan fingerprint density at radius 2 is 1.96 bits per heavy atom. The van der Waals surface area contributed by atoms with E-state index in [0.717, 1.165) is 0 Å². The molecule has 1 amide bonds. The Bertz CT molecular complexity index is 839. The minimum absolute atomic E-state index is 0.0212. The van der Waals surface area contributed by atoms with Gasteiger partial charge >= 0.3 is 12.3 Å². The Balaban J connectivity index is 2.78. The number of ether oxygens (including phenoxy) is 1. The van der Waals surface area contributed by atoms with Gasteiger partial charge in [0.15, 0.2) is 5.60 Å². The first kappa shape index (κ1) is 21.7. The molecule has 0 aliphatic carbocycles. The van der Waals surface area contributed by atoms with Gasteiger partial charge < -0.3 is 14.8 Å². The lowest BCUT2D eigenvalue weighted by atomic mass is 9.86. The summed E-state index contributed by atoms with van der Waals surface area (Å²) in [5, 5.41) is 13.1. The highest BCUT2D eigenvalue weighted by atomic mass is 35.5. The van der Waals surface area contributed by atoms with E-state index in [0.29, 0.717) is 6.42 Å². The zero-order valence-corrected chi connectivity index (χ0v) is 16.1. The molecule has 0 saturated carbocycles. The van der Waals surface area contributed by atoms with Crippen molar-refractivity contribution in [3.05, 3.63) is 27.7 Å². The first-order valence-corrected chi connectivity index (χ1v) is 9.04. The molecule has 1 atom stereocenters. The number of rotatable bonds is 6. The summed E-state index contributed by atoms with van der Waals surface area (Å²) in [6.45, 7) is 3.28. The molecular formula is C17H19Cl2F3N2O3. The SMILES string of the molecule is CCCCC(O)(c1c(NC(=O)OCC)[nH]c2c(Cl)cc(Cl)cc12)C(F)(F)F. The number of carbonyl (C=O) groups is 1. The van der Waals surface area contributed by atoms with Gasteiger partial charge in [-0.3, -0.25) is 5.32 Å². The summed E-state index contributed by atoms with van der Waals surface area (Å²) in [4.78, 5) is 14.4. The van der Waals surface area contributed by atoms with E-state index in [1.165, 1.54) is 12.1 Å². The van der Waals surface area contributed by atoms with Gasteiger partial charge in [-0.15, -0.1) is 0 Å². The number of anilines is 1. The van der Waals surface area contributed by atoms with Crippen LogP contribution in [-0.2, 0) is 10.3 Å². The number of aromatic nitrogens is 1. The molecule has 1 unspecified atom stereocenters. The number of H-pyrrole nitrogens is 1. The first-order chi connectivity index (χ1) is 12.5. The number of fused-ring (bicyclic) bond motifs is 1. The minimum atomic E-state index is -5.00. The van der Waals surface area contributed by atoms with Gasteiger partial charge in [0, 0.05) is 16.0 Å². The maximum Gasteiger partial charge on any atom is 0.421 e. The Kier molecular flexibility index (Phi) is 6.55. The molecule has 0 bridgehead atoms. The molecule has 0 spiro atoms. The summed E-state index contributed by atoms with van der Waals surface area (Å²) >= 11 is 12.0. The van der Waals surface area contributed by atoms with Crippen LogP contribution < -0.4 is 5.32 Å². The molecule has 0 aliphatic heterocycles. The van der Waals surface area contributed by atoms with Crippen LogP contribution in [-0.4, -0.2) is 29.0 Å². The minimum Gasteiger partial charge on any atom is -0.450 e. The van der Waals surface area contributed by atoms with Crippen molar-refractivity contribution in [2.45, 2.75) is 44.9 Å². The molecule has 10 heteroatoms. The molecule has 2 aromatic rings. The molecule has 0 radical (unpaired) electrons. The number of amides is 1. The van der Waals surface area contributed by atoms with E-state index in [1.807, 2.05) is 0 Å². The van der Waals surface area contributed by atoms with Crippen LogP contribution in [0.25, 0.3) is 10.9 Å². The van der Waals surface area contributed by atoms with Crippen molar-refractivity contribution in [2.75, 3.05) is 11.9 Å². The predicted molar refractivity (Wildman–Crippen MR) is 98.4 cm³/mol. The lowest BCUT2D eigenvalue weighted by Crippen LogP contribution is -2.42. The number of benzene rings is 1. The lowest BCUT2D eigenvalue weighted by molar-refractivity contribution is -0.268. The quantitative estimate of drug-likeness (QED) is 0.531. The Labute approximate surface area is 163 Å². The lowest BCUT2D eigenvalue weighted by Gasteiger charge is -2.31. The second kappa shape index (κ2) is 8.16. The first-order valence-electron chi connectivity index (χ1n) is 8.29. The van der Waals surface area contributed by atoms with Crippen molar-refractivity contribution in [1.82, 2.24) is 4.98 Å². The molecule has 1 aromatic carbocycles. The van der Waals surface area contributed by atoms with Crippen molar-refractivity contribution < 1.29 is 27.8 Å². The van der Waals surface area contributed by atoms with Gasteiger partial charge in [0.05, 0.1) is 17.1 Å². The molecule has 3 N–H and O–H groups in total. The maximum absolute atomic E-state index is 13.9. The third-order valence-electron chi connectivity index (χ3n) is 4.10. The normalized spacial score (nSPS) is 14.2. The number of carbonyl (C=O) groups excluding carboxylic acids is 1. The smallest absolute Gasteiger partial charge is 0.421 e. The highest BCUT2D eigenvalue weighted by Gasteiger charge is 2.56. The van der Waals surface area contributed by atoms with Crippen LogP contribution in [0.4, 0.5) is 23.8 Å². The monoisotopic (exact) mass is 426 g/mol. The summed E-state index contributed by atoms with van der Waals surface area (Å²) in [5.41, 5.74) is -3.65. The van der Waals surface area contributed by atoms with Gasteiger partial charge in [0.25, 0.3) is 0 Å². The number of hydrogen-bond donors (Lipinski definition) is 3. The Hall–Kier alpha value is -1.64. The van der Waals surface area contributed by atoms with Crippen LogP contribution in [0, 0.1) is 0 Å². The summed E-state index contributed by atoms with van der Waals surface area (Å²) in [7, 11) is 0. The van der Waals surface area contributed by atoms with Crippen molar-refractivity contribution >= 4 is 46.0 Å². The van der Waals surface area contributed by atoms with Crippen LogP contribution in [0.3, 0.4) is 0 Å². The molecule has 27 heavy (non-hydrogen) atoms. The van der Waals surface area contributed by atoms with E-state index in [4.69, 9.17) is 27.9 Å². The third kappa shape index (κ3) is 4.28. The molecule has 0 saturated heterocycles. The second-order valence-electron chi connectivity index (χ2n) is 5.99. The fourth-order valence-corrected chi connectivity index (χ4v) is 3.39. The van der Waals surface area contributed by atoms with Crippen molar-refractivity contribution in [1.29, 1.82) is 0 Å². The average molecular weight is 427 g/mol. The van der Waals surface area contributed by atoms with Gasteiger partial charge in [-0.1, -0.05) is 43.0 Å². The summed E-state index contributed by atoms with van der Waals surface area (Å²) in [6, 6.07) is 2.60. The van der Waals surface area contributed by atoms with Crippen molar-refractivity contribution in [2.24, 2.45) is 0 Å². The van der Waals surface area contributed by atoms with Crippen LogP contribution >= 0.6 is 23.2 Å². The predicted octanol–water partition coefficient (Wildman–Crippen LogP) is 5.98. The average Bonchev–Trinajstić information content (AvgIpc) is 2.90. The standard InChI is InChI=1S/C17H19Cl2F3N2O3/c1-3-5-6-16(26,17(20,21)22)12-10-7-9(18)8-11(19)13(10)23-14(12)24-15(25)27-4-2/h7-8,23,26H,3-6H2,1-2H3,(H,24,25). The zero-order valence-electron chi connectivity index (χ0n) is 14.6. The number of unbranched alkanes of at least 4 members (excludes halogenated alkanes) is 1. The number of nitrogens with one attached hydrogen (secondary N) is 2. The Morgan fingerprint density at radius 1 is 1.30 bits per heavy atom. The molecule has 150 valence electrons. The number of hydrogen-bond acceptors (Lipinski definition) is 3. The molecule has 0 fully saturated rings.